The minimum atomic E-state index is -0.598. The van der Waals surface area contributed by atoms with Crippen LogP contribution in [-0.4, -0.2) is 15.3 Å². The number of furan rings is 1. The van der Waals surface area contributed by atoms with Gasteiger partial charge in [0, 0.05) is 18.0 Å². The summed E-state index contributed by atoms with van der Waals surface area (Å²) in [6.07, 6.45) is 0. The van der Waals surface area contributed by atoms with Gasteiger partial charge in [-0.15, -0.1) is 0 Å². The molecule has 6 nitrogen and oxygen atoms in total. The number of hydrogen-bond donors (Lipinski definition) is 1. The number of nitrogens with one attached hydrogen (secondary N) is 1. The van der Waals surface area contributed by atoms with Crippen LogP contribution in [0.2, 0.25) is 0 Å². The molecule has 142 valence electrons. The minimum absolute atomic E-state index is 0.0194. The fourth-order valence-corrected chi connectivity index (χ4v) is 3.31. The molecular formula is C21H18FN3O3. The number of aromatic nitrogens is 2. The maximum atomic E-state index is 14.0. The Balaban J connectivity index is 1.77. The van der Waals surface area contributed by atoms with E-state index in [2.05, 4.69) is 5.32 Å². The van der Waals surface area contributed by atoms with Crippen LogP contribution in [0.5, 0.6) is 0 Å². The Bertz CT molecular complexity index is 1270. The summed E-state index contributed by atoms with van der Waals surface area (Å²) >= 11 is 0. The number of halogens is 1. The highest BCUT2D eigenvalue weighted by atomic mass is 19.1. The summed E-state index contributed by atoms with van der Waals surface area (Å²) in [5.74, 6) is -1.16. The molecule has 4 rings (SSSR count). The van der Waals surface area contributed by atoms with Crippen LogP contribution >= 0.6 is 0 Å². The molecular weight excluding hydrogens is 361 g/mol. The van der Waals surface area contributed by atoms with Crippen molar-refractivity contribution in [3.05, 3.63) is 81.7 Å². The van der Waals surface area contributed by atoms with Crippen LogP contribution in [-0.2, 0) is 7.05 Å². The standard InChI is InChI=1S/C21H18FN3O3/c1-12-15-10-7-11-16(22)19(15)28-18(12)20(26)23-17-13(2)24(3)25(21(17)27)14-8-5-4-6-9-14/h4-11H,1-3H3,(H,23,26). The van der Waals surface area contributed by atoms with Gasteiger partial charge in [-0.3, -0.25) is 14.3 Å². The average Bonchev–Trinajstić information content (AvgIpc) is 3.13. The first-order chi connectivity index (χ1) is 13.4. The molecule has 0 fully saturated rings. The number of aryl methyl sites for hydroxylation is 1. The number of carbonyl (C=O) groups excluding carboxylic acids is 1. The third-order valence-corrected chi connectivity index (χ3v) is 4.91. The number of anilines is 1. The molecule has 7 heteroatoms. The maximum absolute atomic E-state index is 14.0. The predicted molar refractivity (Wildman–Crippen MR) is 105 cm³/mol. The molecule has 4 aromatic rings. The maximum Gasteiger partial charge on any atom is 0.295 e. The van der Waals surface area contributed by atoms with Crippen LogP contribution in [0.3, 0.4) is 0 Å². The van der Waals surface area contributed by atoms with E-state index in [0.29, 0.717) is 22.3 Å². The summed E-state index contributed by atoms with van der Waals surface area (Å²) in [4.78, 5) is 25.7. The van der Waals surface area contributed by atoms with Crippen molar-refractivity contribution in [3.63, 3.8) is 0 Å². The minimum Gasteiger partial charge on any atom is -0.448 e. The first-order valence-electron chi connectivity index (χ1n) is 8.73. The zero-order valence-corrected chi connectivity index (χ0v) is 15.6. The van der Waals surface area contributed by atoms with Crippen molar-refractivity contribution in [2.45, 2.75) is 13.8 Å². The lowest BCUT2D eigenvalue weighted by Gasteiger charge is -2.07. The number of fused-ring (bicyclic) bond motifs is 1. The van der Waals surface area contributed by atoms with E-state index >= 15 is 0 Å². The lowest BCUT2D eigenvalue weighted by atomic mass is 10.1. The third kappa shape index (κ3) is 2.63. The molecule has 0 unspecified atom stereocenters. The monoisotopic (exact) mass is 379 g/mol. The molecule has 0 saturated heterocycles. The van der Waals surface area contributed by atoms with Gasteiger partial charge >= 0.3 is 0 Å². The first kappa shape index (κ1) is 17.8. The van der Waals surface area contributed by atoms with Gasteiger partial charge in [-0.25, -0.2) is 9.07 Å². The van der Waals surface area contributed by atoms with Crippen LogP contribution in [0.25, 0.3) is 16.7 Å². The molecule has 2 aromatic heterocycles. The summed E-state index contributed by atoms with van der Waals surface area (Å²) in [7, 11) is 1.74. The largest absolute Gasteiger partial charge is 0.448 e. The lowest BCUT2D eigenvalue weighted by molar-refractivity contribution is 0.0997. The highest BCUT2D eigenvalue weighted by molar-refractivity contribution is 6.06. The molecule has 2 aromatic carbocycles. The SMILES string of the molecule is Cc1c(C(=O)Nc2c(C)n(C)n(-c3ccccc3)c2=O)oc2c(F)cccc12. The number of hydrogen-bond acceptors (Lipinski definition) is 3. The van der Waals surface area contributed by atoms with Gasteiger partial charge in [0.2, 0.25) is 0 Å². The van der Waals surface area contributed by atoms with Gasteiger partial charge in [-0.2, -0.15) is 0 Å². The van der Waals surface area contributed by atoms with E-state index in [0.717, 1.165) is 0 Å². The Morgan fingerprint density at radius 1 is 1.07 bits per heavy atom. The van der Waals surface area contributed by atoms with E-state index < -0.39 is 11.7 Å². The number of rotatable bonds is 3. The summed E-state index contributed by atoms with van der Waals surface area (Å²) in [5, 5.41) is 3.16. The van der Waals surface area contributed by atoms with Crippen molar-refractivity contribution >= 4 is 22.6 Å². The van der Waals surface area contributed by atoms with Crippen molar-refractivity contribution < 1.29 is 13.6 Å². The Kier molecular flexibility index (Phi) is 4.15. The van der Waals surface area contributed by atoms with Gasteiger partial charge in [0.05, 0.1) is 11.4 Å². The Morgan fingerprint density at radius 2 is 1.79 bits per heavy atom. The Morgan fingerprint density at radius 3 is 2.46 bits per heavy atom. The Labute approximate surface area is 159 Å². The molecule has 0 atom stereocenters. The number of amides is 1. The van der Waals surface area contributed by atoms with Gasteiger partial charge < -0.3 is 9.73 Å². The molecule has 0 bridgehead atoms. The van der Waals surface area contributed by atoms with Crippen molar-refractivity contribution in [2.24, 2.45) is 7.05 Å². The van der Waals surface area contributed by atoms with Gasteiger partial charge in [-0.05, 0) is 32.0 Å². The van der Waals surface area contributed by atoms with E-state index in [9.17, 15) is 14.0 Å². The van der Waals surface area contributed by atoms with Gasteiger partial charge in [0.25, 0.3) is 11.5 Å². The number of carbonyl (C=O) groups is 1. The van der Waals surface area contributed by atoms with Crippen molar-refractivity contribution in [3.8, 4) is 5.69 Å². The van der Waals surface area contributed by atoms with Gasteiger partial charge in [0.15, 0.2) is 17.2 Å². The van der Waals surface area contributed by atoms with E-state index in [-0.39, 0.29) is 22.6 Å². The van der Waals surface area contributed by atoms with Crippen molar-refractivity contribution in [2.75, 3.05) is 5.32 Å². The summed E-state index contributed by atoms with van der Waals surface area (Å²) in [6.45, 7) is 3.42. The molecule has 0 spiro atoms. The molecule has 0 aliphatic carbocycles. The van der Waals surface area contributed by atoms with E-state index in [1.165, 1.54) is 10.7 Å². The summed E-state index contributed by atoms with van der Waals surface area (Å²) < 4.78 is 22.6. The van der Waals surface area contributed by atoms with Crippen LogP contribution in [0.15, 0.2) is 57.7 Å². The van der Waals surface area contributed by atoms with E-state index in [1.54, 1.807) is 49.8 Å². The number of para-hydroxylation sites is 2. The van der Waals surface area contributed by atoms with Crippen molar-refractivity contribution in [1.29, 1.82) is 0 Å². The fourth-order valence-electron chi connectivity index (χ4n) is 3.31. The Hall–Kier alpha value is -3.61. The van der Waals surface area contributed by atoms with Gasteiger partial charge in [0.1, 0.15) is 5.69 Å². The van der Waals surface area contributed by atoms with E-state index in [1.807, 2.05) is 18.2 Å². The van der Waals surface area contributed by atoms with Crippen LogP contribution in [0, 0.1) is 19.7 Å². The number of benzene rings is 2. The van der Waals surface area contributed by atoms with Gasteiger partial charge in [-0.1, -0.05) is 30.3 Å². The number of nitrogens with zero attached hydrogens (tertiary/aromatic N) is 2. The highest BCUT2D eigenvalue weighted by Crippen LogP contribution is 2.28. The van der Waals surface area contributed by atoms with Crippen LogP contribution in [0.1, 0.15) is 21.8 Å². The van der Waals surface area contributed by atoms with Crippen LogP contribution < -0.4 is 10.9 Å². The molecule has 2 heterocycles. The second-order valence-electron chi connectivity index (χ2n) is 6.56. The molecule has 1 N–H and O–H groups in total. The molecule has 0 saturated carbocycles. The van der Waals surface area contributed by atoms with Crippen LogP contribution in [0.4, 0.5) is 10.1 Å². The second kappa shape index (κ2) is 6.53. The third-order valence-electron chi connectivity index (χ3n) is 4.91. The second-order valence-corrected chi connectivity index (χ2v) is 6.56. The summed E-state index contributed by atoms with van der Waals surface area (Å²) in [6, 6.07) is 13.6. The smallest absolute Gasteiger partial charge is 0.295 e. The normalized spacial score (nSPS) is 11.1. The zero-order valence-electron chi connectivity index (χ0n) is 15.6. The molecule has 1 amide bonds. The molecule has 0 aliphatic heterocycles. The zero-order chi connectivity index (χ0) is 20.0. The van der Waals surface area contributed by atoms with Crippen molar-refractivity contribution in [1.82, 2.24) is 9.36 Å². The summed E-state index contributed by atoms with van der Waals surface area (Å²) in [5.41, 5.74) is 1.60. The fraction of sp³-hybridized carbons (Fsp3) is 0.143. The molecule has 0 aliphatic rings. The lowest BCUT2D eigenvalue weighted by Crippen LogP contribution is -2.23. The van der Waals surface area contributed by atoms with E-state index in [4.69, 9.17) is 4.42 Å². The quantitative estimate of drug-likeness (QED) is 0.586. The topological polar surface area (TPSA) is 69.2 Å². The molecule has 28 heavy (non-hydrogen) atoms. The molecule has 0 radical (unpaired) electrons. The first-order valence-corrected chi connectivity index (χ1v) is 8.73. The average molecular weight is 379 g/mol. The highest BCUT2D eigenvalue weighted by Gasteiger charge is 2.23. The predicted octanol–water partition coefficient (Wildman–Crippen LogP) is 3.93.